The Bertz CT molecular complexity index is 424. The van der Waals surface area contributed by atoms with E-state index in [2.05, 4.69) is 26.1 Å². The highest BCUT2D eigenvalue weighted by atomic mass is 32.2. The summed E-state index contributed by atoms with van der Waals surface area (Å²) >= 11 is 0. The zero-order valence-corrected chi connectivity index (χ0v) is 13.6. The van der Waals surface area contributed by atoms with E-state index < -0.39 is 9.84 Å². The fraction of sp³-hybridized carbons (Fsp3) is 1.00. The maximum Gasteiger partial charge on any atom is 0.147 e. The maximum atomic E-state index is 11.5. The van der Waals surface area contributed by atoms with Gasteiger partial charge in [-0.1, -0.05) is 6.42 Å². The number of rotatable bonds is 5. The normalized spacial score (nSPS) is 34.9. The molecule has 0 spiro atoms. The van der Waals surface area contributed by atoms with Crippen molar-refractivity contribution in [1.29, 1.82) is 0 Å². The Kier molecular flexibility index (Phi) is 4.05. The molecule has 2 aliphatic rings. The molecule has 3 unspecified atom stereocenters. The van der Waals surface area contributed by atoms with E-state index in [1.807, 2.05) is 0 Å². The molecule has 2 saturated carbocycles. The summed E-state index contributed by atoms with van der Waals surface area (Å²) in [6.07, 6.45) is 7.44. The second-order valence-electron chi connectivity index (χ2n) is 7.93. The molecule has 2 aliphatic carbocycles. The number of sulfone groups is 1. The van der Waals surface area contributed by atoms with Gasteiger partial charge in [0.25, 0.3) is 0 Å². The van der Waals surface area contributed by atoms with E-state index in [1.165, 1.54) is 31.9 Å². The van der Waals surface area contributed by atoms with Crippen molar-refractivity contribution >= 4 is 9.84 Å². The van der Waals surface area contributed by atoms with E-state index >= 15 is 0 Å². The second kappa shape index (κ2) is 5.03. The molecule has 2 fully saturated rings. The van der Waals surface area contributed by atoms with Crippen molar-refractivity contribution in [2.45, 2.75) is 58.4 Å². The second-order valence-corrected chi connectivity index (χ2v) is 10.2. The molecule has 1 N–H and O–H groups in total. The smallest absolute Gasteiger partial charge is 0.147 e. The molecular weight excluding hydrogens is 258 g/mol. The van der Waals surface area contributed by atoms with Crippen LogP contribution in [0.25, 0.3) is 0 Å². The van der Waals surface area contributed by atoms with E-state index in [0.717, 1.165) is 24.8 Å². The molecule has 0 amide bonds. The molecule has 0 aliphatic heterocycles. The predicted molar refractivity (Wildman–Crippen MR) is 80.0 cm³/mol. The number of hydrogen-bond donors (Lipinski definition) is 1. The zero-order chi connectivity index (χ0) is 14.3. The van der Waals surface area contributed by atoms with Crippen LogP contribution in [0.5, 0.6) is 0 Å². The highest BCUT2D eigenvalue weighted by Crippen LogP contribution is 2.57. The summed E-state index contributed by atoms with van der Waals surface area (Å²) in [6, 6.07) is 0. The summed E-state index contributed by atoms with van der Waals surface area (Å²) in [5.41, 5.74) is 0.346. The van der Waals surface area contributed by atoms with Crippen LogP contribution in [0.4, 0.5) is 0 Å². The van der Waals surface area contributed by atoms with Crippen LogP contribution in [-0.4, -0.2) is 32.5 Å². The fourth-order valence-corrected chi connectivity index (χ4v) is 4.78. The van der Waals surface area contributed by atoms with Gasteiger partial charge in [-0.3, -0.25) is 0 Å². The average molecular weight is 287 g/mol. The molecule has 0 aromatic rings. The van der Waals surface area contributed by atoms with Gasteiger partial charge in [0.2, 0.25) is 0 Å². The van der Waals surface area contributed by atoms with Gasteiger partial charge in [-0.2, -0.15) is 0 Å². The molecular formula is C15H29NO2S. The molecule has 0 heterocycles. The molecule has 2 bridgehead atoms. The lowest BCUT2D eigenvalue weighted by molar-refractivity contribution is 0.138. The Morgan fingerprint density at radius 1 is 1.26 bits per heavy atom. The van der Waals surface area contributed by atoms with Crippen molar-refractivity contribution in [2.75, 3.05) is 18.6 Å². The number of hydrogen-bond acceptors (Lipinski definition) is 3. The minimum Gasteiger partial charge on any atom is -0.312 e. The first-order valence-electron chi connectivity index (χ1n) is 7.52. The summed E-state index contributed by atoms with van der Waals surface area (Å²) in [7, 11) is -2.85. The Morgan fingerprint density at radius 2 is 1.95 bits per heavy atom. The van der Waals surface area contributed by atoms with Crippen molar-refractivity contribution in [2.24, 2.45) is 17.3 Å². The SMILES string of the molecule is CC(C)(C)NCC1(CCS(C)(=O)=O)CC2CCC1C2. The maximum absolute atomic E-state index is 11.5. The molecule has 0 radical (unpaired) electrons. The fourth-order valence-electron chi connectivity index (χ4n) is 4.00. The quantitative estimate of drug-likeness (QED) is 0.845. The van der Waals surface area contributed by atoms with Crippen LogP contribution in [0.2, 0.25) is 0 Å². The summed E-state index contributed by atoms with van der Waals surface area (Å²) in [6.45, 7) is 7.53. The minimum atomic E-state index is -2.85. The lowest BCUT2D eigenvalue weighted by Crippen LogP contribution is -2.46. The van der Waals surface area contributed by atoms with Gasteiger partial charge in [0.15, 0.2) is 0 Å². The Hall–Kier alpha value is -0.0900. The van der Waals surface area contributed by atoms with Crippen LogP contribution in [0, 0.1) is 17.3 Å². The Morgan fingerprint density at radius 3 is 2.37 bits per heavy atom. The molecule has 0 aromatic carbocycles. The van der Waals surface area contributed by atoms with Crippen molar-refractivity contribution < 1.29 is 8.42 Å². The Balaban J connectivity index is 2.06. The summed E-state index contributed by atoms with van der Waals surface area (Å²) in [5, 5.41) is 3.63. The molecule has 112 valence electrons. The summed E-state index contributed by atoms with van der Waals surface area (Å²) in [5.74, 6) is 1.95. The van der Waals surface area contributed by atoms with E-state index in [1.54, 1.807) is 0 Å². The highest BCUT2D eigenvalue weighted by Gasteiger charge is 2.50. The summed E-state index contributed by atoms with van der Waals surface area (Å²) in [4.78, 5) is 0. The standard InChI is InChI=1S/C15H29NO2S/c1-14(2,3)16-11-15(7-8-19(4,17)18)10-12-5-6-13(15)9-12/h12-13,16H,5-11H2,1-4H3. The van der Waals surface area contributed by atoms with E-state index in [4.69, 9.17) is 0 Å². The average Bonchev–Trinajstić information content (AvgIpc) is 2.82. The van der Waals surface area contributed by atoms with Crippen molar-refractivity contribution in [3.05, 3.63) is 0 Å². The minimum absolute atomic E-state index is 0.111. The first-order valence-corrected chi connectivity index (χ1v) is 9.58. The monoisotopic (exact) mass is 287 g/mol. The van der Waals surface area contributed by atoms with Gasteiger partial charge in [0, 0.05) is 18.3 Å². The zero-order valence-electron chi connectivity index (χ0n) is 12.8. The molecule has 4 heteroatoms. The molecule has 0 aromatic heterocycles. The van der Waals surface area contributed by atoms with Crippen LogP contribution in [0.3, 0.4) is 0 Å². The van der Waals surface area contributed by atoms with Crippen molar-refractivity contribution in [3.63, 3.8) is 0 Å². The molecule has 2 rings (SSSR count). The molecule has 3 atom stereocenters. The third kappa shape index (κ3) is 3.94. The first-order chi connectivity index (χ1) is 8.60. The van der Waals surface area contributed by atoms with Gasteiger partial charge in [-0.15, -0.1) is 0 Å². The van der Waals surface area contributed by atoms with Gasteiger partial charge < -0.3 is 5.32 Å². The number of nitrogens with one attached hydrogen (secondary N) is 1. The largest absolute Gasteiger partial charge is 0.312 e. The van der Waals surface area contributed by atoms with Crippen molar-refractivity contribution in [3.8, 4) is 0 Å². The van der Waals surface area contributed by atoms with Gasteiger partial charge in [0.1, 0.15) is 9.84 Å². The van der Waals surface area contributed by atoms with Crippen LogP contribution in [0.1, 0.15) is 52.9 Å². The van der Waals surface area contributed by atoms with Crippen LogP contribution >= 0.6 is 0 Å². The van der Waals surface area contributed by atoms with Crippen LogP contribution in [0.15, 0.2) is 0 Å². The van der Waals surface area contributed by atoms with Gasteiger partial charge in [0.05, 0.1) is 5.75 Å². The van der Waals surface area contributed by atoms with E-state index in [0.29, 0.717) is 5.75 Å². The lowest BCUT2D eigenvalue weighted by atomic mass is 9.71. The van der Waals surface area contributed by atoms with E-state index in [-0.39, 0.29) is 11.0 Å². The third-order valence-corrected chi connectivity index (χ3v) is 5.99. The highest BCUT2D eigenvalue weighted by molar-refractivity contribution is 7.90. The topological polar surface area (TPSA) is 46.2 Å². The molecule has 19 heavy (non-hydrogen) atoms. The van der Waals surface area contributed by atoms with Crippen molar-refractivity contribution in [1.82, 2.24) is 5.32 Å². The molecule has 3 nitrogen and oxygen atoms in total. The van der Waals surface area contributed by atoms with Gasteiger partial charge >= 0.3 is 0 Å². The van der Waals surface area contributed by atoms with Gasteiger partial charge in [-0.05, 0) is 63.7 Å². The predicted octanol–water partition coefficient (Wildman–Crippen LogP) is 2.62. The molecule has 0 saturated heterocycles. The summed E-state index contributed by atoms with van der Waals surface area (Å²) < 4.78 is 23.0. The number of fused-ring (bicyclic) bond motifs is 2. The first kappa shape index (κ1) is 15.3. The third-order valence-electron chi connectivity index (χ3n) is 5.04. The van der Waals surface area contributed by atoms with E-state index in [9.17, 15) is 8.42 Å². The van der Waals surface area contributed by atoms with Crippen LogP contribution < -0.4 is 5.32 Å². The van der Waals surface area contributed by atoms with Gasteiger partial charge in [-0.25, -0.2) is 8.42 Å². The Labute approximate surface area is 118 Å². The lowest BCUT2D eigenvalue weighted by Gasteiger charge is -2.40. The van der Waals surface area contributed by atoms with Crippen LogP contribution in [-0.2, 0) is 9.84 Å².